The average Bonchev–Trinajstić information content (AvgIpc) is 3.09. The van der Waals surface area contributed by atoms with Crippen LogP contribution in [0.4, 0.5) is 5.69 Å². The van der Waals surface area contributed by atoms with Crippen molar-refractivity contribution in [3.05, 3.63) is 48.0 Å². The average molecular weight is 482 g/mol. The fourth-order valence-corrected chi connectivity index (χ4v) is 5.52. The first kappa shape index (κ1) is 24.1. The molecule has 1 saturated carbocycles. The molecule has 0 saturated heterocycles. The molecule has 1 aliphatic rings. The van der Waals surface area contributed by atoms with Gasteiger partial charge in [0.15, 0.2) is 0 Å². The molecule has 0 unspecified atom stereocenters. The molecule has 4 rings (SSSR count). The smallest absolute Gasteiger partial charge is 0.232 e. The van der Waals surface area contributed by atoms with Gasteiger partial charge in [-0.15, -0.1) is 0 Å². The van der Waals surface area contributed by atoms with Gasteiger partial charge in [-0.1, -0.05) is 19.1 Å². The van der Waals surface area contributed by atoms with Crippen molar-refractivity contribution in [1.29, 1.82) is 5.26 Å². The minimum absolute atomic E-state index is 0.0825. The molecule has 1 aliphatic carbocycles. The van der Waals surface area contributed by atoms with Crippen molar-refractivity contribution in [2.24, 2.45) is 0 Å². The fourth-order valence-electron chi connectivity index (χ4n) is 4.39. The van der Waals surface area contributed by atoms with Crippen molar-refractivity contribution >= 4 is 26.6 Å². The largest absolute Gasteiger partial charge is 0.493 e. The van der Waals surface area contributed by atoms with Gasteiger partial charge < -0.3 is 14.0 Å². The normalized spacial score (nSPS) is 14.0. The Morgan fingerprint density at radius 1 is 1.15 bits per heavy atom. The van der Waals surface area contributed by atoms with Gasteiger partial charge in [0.1, 0.15) is 11.8 Å². The van der Waals surface area contributed by atoms with Crippen LogP contribution in [0, 0.1) is 11.3 Å². The van der Waals surface area contributed by atoms with Crippen molar-refractivity contribution in [2.75, 3.05) is 30.8 Å². The van der Waals surface area contributed by atoms with Crippen LogP contribution in [0.1, 0.15) is 50.6 Å². The van der Waals surface area contributed by atoms with Gasteiger partial charge in [-0.25, -0.2) is 8.42 Å². The summed E-state index contributed by atoms with van der Waals surface area (Å²) < 4.78 is 40.2. The number of aromatic nitrogens is 1. The summed E-state index contributed by atoms with van der Waals surface area (Å²) in [6.45, 7) is 3.05. The minimum Gasteiger partial charge on any atom is -0.493 e. The second kappa shape index (κ2) is 10.5. The van der Waals surface area contributed by atoms with Gasteiger partial charge in [-0.3, -0.25) is 4.72 Å². The quantitative estimate of drug-likeness (QED) is 0.367. The molecule has 2 aromatic carbocycles. The number of nitrogens with zero attached hydrogens (tertiary/aromatic N) is 2. The molecule has 0 atom stereocenters. The number of hydrogen-bond donors (Lipinski definition) is 1. The molecular formula is C26H31N3O4S. The van der Waals surface area contributed by atoms with E-state index in [9.17, 15) is 13.7 Å². The van der Waals surface area contributed by atoms with Crippen molar-refractivity contribution in [3.8, 4) is 23.1 Å². The number of sulfonamides is 1. The number of nitrogens with one attached hydrogen (secondary N) is 1. The topological polar surface area (TPSA) is 93.4 Å². The van der Waals surface area contributed by atoms with Crippen molar-refractivity contribution in [1.82, 2.24) is 4.57 Å². The molecular weight excluding hydrogens is 450 g/mol. The number of ether oxygens (including phenoxy) is 2. The lowest BCUT2D eigenvalue weighted by Gasteiger charge is -2.30. The van der Waals surface area contributed by atoms with Gasteiger partial charge in [0.25, 0.3) is 0 Å². The molecule has 7 nitrogen and oxygen atoms in total. The molecule has 1 fully saturated rings. The molecule has 0 amide bonds. The molecule has 3 aromatic rings. The number of anilines is 1. The standard InChI is InChI=1S/C26H31N3O4S/c1-3-16-34(30,31)28-20-10-8-19(9-11-20)26-24(18-27)23-13-12-22(33-15-5-14-32-2)17-25(23)29(26)21-6-4-7-21/h8-13,17,21,28H,3-7,14-16H2,1-2H3. The Morgan fingerprint density at radius 2 is 1.91 bits per heavy atom. The summed E-state index contributed by atoms with van der Waals surface area (Å²) >= 11 is 0. The van der Waals surface area contributed by atoms with Crippen LogP contribution in [0.15, 0.2) is 42.5 Å². The van der Waals surface area contributed by atoms with Crippen molar-refractivity contribution < 1.29 is 17.9 Å². The summed E-state index contributed by atoms with van der Waals surface area (Å²) in [6, 6.07) is 15.9. The van der Waals surface area contributed by atoms with E-state index in [2.05, 4.69) is 15.4 Å². The van der Waals surface area contributed by atoms with Gasteiger partial charge >= 0.3 is 0 Å². The number of benzene rings is 2. The predicted octanol–water partition coefficient (Wildman–Crippen LogP) is 5.47. The van der Waals surface area contributed by atoms with Gasteiger partial charge in [0, 0.05) is 43.3 Å². The molecule has 1 heterocycles. The molecule has 0 bridgehead atoms. The van der Waals surface area contributed by atoms with Crippen molar-refractivity contribution in [2.45, 2.75) is 45.1 Å². The van der Waals surface area contributed by atoms with Gasteiger partial charge in [0.05, 0.1) is 29.1 Å². The van der Waals surface area contributed by atoms with Crippen LogP contribution < -0.4 is 9.46 Å². The Labute approximate surface area is 201 Å². The monoisotopic (exact) mass is 481 g/mol. The Bertz CT molecular complexity index is 1290. The lowest BCUT2D eigenvalue weighted by atomic mass is 9.92. The summed E-state index contributed by atoms with van der Waals surface area (Å²) in [4.78, 5) is 0. The molecule has 180 valence electrons. The second-order valence-electron chi connectivity index (χ2n) is 8.66. The van der Waals surface area contributed by atoms with Crippen molar-refractivity contribution in [3.63, 3.8) is 0 Å². The van der Waals surface area contributed by atoms with E-state index in [0.717, 1.165) is 53.6 Å². The Kier molecular flexibility index (Phi) is 7.44. The second-order valence-corrected chi connectivity index (χ2v) is 10.5. The Morgan fingerprint density at radius 3 is 2.53 bits per heavy atom. The maximum Gasteiger partial charge on any atom is 0.232 e. The van der Waals surface area contributed by atoms with Crippen LogP contribution in [0.5, 0.6) is 5.75 Å². The first-order chi connectivity index (χ1) is 16.5. The number of fused-ring (bicyclic) bond motifs is 1. The zero-order valence-corrected chi connectivity index (χ0v) is 20.5. The third kappa shape index (κ3) is 5.06. The predicted molar refractivity (Wildman–Crippen MR) is 135 cm³/mol. The van der Waals surface area contributed by atoms with E-state index in [4.69, 9.17) is 9.47 Å². The minimum atomic E-state index is -3.36. The molecule has 0 aliphatic heterocycles. The summed E-state index contributed by atoms with van der Waals surface area (Å²) in [5.74, 6) is 0.859. The summed E-state index contributed by atoms with van der Waals surface area (Å²) in [7, 11) is -1.68. The van der Waals surface area contributed by atoms with Gasteiger partial charge in [-0.2, -0.15) is 5.26 Å². The van der Waals surface area contributed by atoms with E-state index in [0.29, 0.717) is 36.9 Å². The zero-order chi connectivity index (χ0) is 24.1. The Hall–Kier alpha value is -3.02. The van der Waals surface area contributed by atoms with Gasteiger partial charge in [0.2, 0.25) is 10.0 Å². The molecule has 34 heavy (non-hydrogen) atoms. The van der Waals surface area contributed by atoms with Crippen LogP contribution >= 0.6 is 0 Å². The van der Waals surface area contributed by atoms with E-state index in [1.807, 2.05) is 37.3 Å². The van der Waals surface area contributed by atoms with E-state index in [1.54, 1.807) is 19.2 Å². The highest BCUT2D eigenvalue weighted by atomic mass is 32.2. The fraction of sp³-hybridized carbons (Fsp3) is 0.423. The highest BCUT2D eigenvalue weighted by Crippen LogP contribution is 2.43. The van der Waals surface area contributed by atoms with E-state index in [1.165, 1.54) is 0 Å². The van der Waals surface area contributed by atoms with E-state index in [-0.39, 0.29) is 5.75 Å². The van der Waals surface area contributed by atoms with Crippen LogP contribution in [0.25, 0.3) is 22.2 Å². The molecule has 0 radical (unpaired) electrons. The SMILES string of the molecule is CCCS(=O)(=O)Nc1ccc(-c2c(C#N)c3ccc(OCCCOC)cc3n2C2CCC2)cc1. The third-order valence-corrected chi connectivity index (χ3v) is 7.69. The summed E-state index contributed by atoms with van der Waals surface area (Å²) in [5, 5.41) is 11.0. The molecule has 8 heteroatoms. The molecule has 0 spiro atoms. The number of hydrogen-bond acceptors (Lipinski definition) is 5. The Balaban J connectivity index is 1.73. The van der Waals surface area contributed by atoms with Gasteiger partial charge in [-0.05, 0) is 55.5 Å². The number of rotatable bonds is 11. The zero-order valence-electron chi connectivity index (χ0n) is 19.7. The van der Waals surface area contributed by atoms with Crippen LogP contribution in [-0.4, -0.2) is 39.1 Å². The van der Waals surface area contributed by atoms with Crippen LogP contribution in [-0.2, 0) is 14.8 Å². The van der Waals surface area contributed by atoms with Crippen LogP contribution in [0.3, 0.4) is 0 Å². The maximum absolute atomic E-state index is 12.1. The first-order valence-electron chi connectivity index (χ1n) is 11.8. The number of methoxy groups -OCH3 is 1. The molecule has 1 N–H and O–H groups in total. The molecule has 1 aromatic heterocycles. The third-order valence-electron chi connectivity index (χ3n) is 6.19. The van der Waals surface area contributed by atoms with Crippen LogP contribution in [0.2, 0.25) is 0 Å². The lowest BCUT2D eigenvalue weighted by Crippen LogP contribution is -2.18. The maximum atomic E-state index is 12.1. The van der Waals surface area contributed by atoms with E-state index >= 15 is 0 Å². The summed E-state index contributed by atoms with van der Waals surface area (Å²) in [6.07, 6.45) is 4.65. The highest BCUT2D eigenvalue weighted by molar-refractivity contribution is 7.92. The highest BCUT2D eigenvalue weighted by Gasteiger charge is 2.28. The number of nitriles is 1. The van der Waals surface area contributed by atoms with E-state index < -0.39 is 10.0 Å². The summed E-state index contributed by atoms with van der Waals surface area (Å²) in [5.41, 5.74) is 3.91. The first-order valence-corrected chi connectivity index (χ1v) is 13.4. The lowest BCUT2D eigenvalue weighted by molar-refractivity contribution is 0.172.